The van der Waals surface area contributed by atoms with Crippen molar-refractivity contribution >= 4 is 0 Å². The zero-order valence-electron chi connectivity index (χ0n) is 10.6. The summed E-state index contributed by atoms with van der Waals surface area (Å²) in [7, 11) is 2.17. The Morgan fingerprint density at radius 1 is 1.13 bits per heavy atom. The number of nitrogens with one attached hydrogen (secondary N) is 1. The summed E-state index contributed by atoms with van der Waals surface area (Å²) >= 11 is 0. The maximum atomic E-state index is 3.61. The Hall–Kier alpha value is -0.0400. The molecule has 0 amide bonds. The number of rotatable bonds is 5. The monoisotopic (exact) mass is 209 g/mol. The fourth-order valence-corrected chi connectivity index (χ4v) is 3.49. The highest BCUT2D eigenvalue weighted by Gasteiger charge is 2.42. The summed E-state index contributed by atoms with van der Waals surface area (Å²) in [5.41, 5.74) is 0. The van der Waals surface area contributed by atoms with Crippen LogP contribution in [0.25, 0.3) is 0 Å². The van der Waals surface area contributed by atoms with E-state index < -0.39 is 0 Å². The first-order chi connectivity index (χ1) is 7.22. The van der Waals surface area contributed by atoms with Crippen LogP contribution in [0.5, 0.6) is 0 Å². The fraction of sp³-hybridized carbons (Fsp3) is 1.00. The predicted octanol–water partition coefficient (Wildman–Crippen LogP) is 3.45. The van der Waals surface area contributed by atoms with E-state index in [-0.39, 0.29) is 0 Å². The average Bonchev–Trinajstić information content (AvgIpc) is 2.96. The van der Waals surface area contributed by atoms with Gasteiger partial charge in [-0.05, 0) is 62.8 Å². The fourth-order valence-electron chi connectivity index (χ4n) is 3.49. The molecule has 0 radical (unpaired) electrons. The van der Waals surface area contributed by atoms with Crippen molar-refractivity contribution in [1.82, 2.24) is 5.32 Å². The van der Waals surface area contributed by atoms with Crippen molar-refractivity contribution in [2.75, 3.05) is 7.05 Å². The van der Waals surface area contributed by atoms with E-state index in [1.807, 2.05) is 0 Å². The van der Waals surface area contributed by atoms with Crippen molar-refractivity contribution in [3.63, 3.8) is 0 Å². The molecule has 88 valence electrons. The zero-order chi connectivity index (χ0) is 10.8. The number of hydrogen-bond acceptors (Lipinski definition) is 1. The van der Waals surface area contributed by atoms with Crippen LogP contribution in [0.2, 0.25) is 0 Å². The van der Waals surface area contributed by atoms with E-state index in [2.05, 4.69) is 26.2 Å². The Balaban J connectivity index is 1.83. The van der Waals surface area contributed by atoms with Gasteiger partial charge in [0, 0.05) is 6.04 Å². The van der Waals surface area contributed by atoms with Crippen LogP contribution in [0.15, 0.2) is 0 Å². The first kappa shape index (κ1) is 11.4. The molecule has 0 aromatic heterocycles. The molecular formula is C14H27N. The Bertz CT molecular complexity index is 196. The van der Waals surface area contributed by atoms with E-state index >= 15 is 0 Å². The van der Waals surface area contributed by atoms with Gasteiger partial charge in [-0.1, -0.05) is 20.3 Å². The maximum Gasteiger partial charge on any atom is 0.0123 e. The van der Waals surface area contributed by atoms with Gasteiger partial charge in [-0.3, -0.25) is 0 Å². The molecule has 0 bridgehead atoms. The largest absolute Gasteiger partial charge is 0.316 e. The van der Waals surface area contributed by atoms with Crippen LogP contribution in [0.3, 0.4) is 0 Å². The van der Waals surface area contributed by atoms with Crippen molar-refractivity contribution < 1.29 is 0 Å². The summed E-state index contributed by atoms with van der Waals surface area (Å²) in [5, 5.41) is 3.61. The van der Waals surface area contributed by atoms with Crippen molar-refractivity contribution in [2.45, 2.75) is 58.4 Å². The Morgan fingerprint density at radius 3 is 2.40 bits per heavy atom. The lowest BCUT2D eigenvalue weighted by Gasteiger charge is -2.25. The third kappa shape index (κ3) is 2.75. The molecule has 1 heteroatoms. The Labute approximate surface area is 95.0 Å². The van der Waals surface area contributed by atoms with Crippen molar-refractivity contribution in [3.05, 3.63) is 0 Å². The average molecular weight is 209 g/mol. The minimum Gasteiger partial charge on any atom is -0.316 e. The summed E-state index contributed by atoms with van der Waals surface area (Å²) in [6.45, 7) is 4.70. The molecule has 0 aromatic carbocycles. The smallest absolute Gasteiger partial charge is 0.0123 e. The summed E-state index contributed by atoms with van der Waals surface area (Å²) < 4.78 is 0. The van der Waals surface area contributed by atoms with E-state index in [0.717, 1.165) is 29.7 Å². The molecule has 0 aliphatic heterocycles. The molecule has 15 heavy (non-hydrogen) atoms. The topological polar surface area (TPSA) is 12.0 Å². The van der Waals surface area contributed by atoms with E-state index in [1.165, 1.54) is 38.5 Å². The zero-order valence-corrected chi connectivity index (χ0v) is 10.6. The highest BCUT2D eigenvalue weighted by molar-refractivity contribution is 4.96. The van der Waals surface area contributed by atoms with Gasteiger partial charge in [-0.2, -0.15) is 0 Å². The molecular weight excluding hydrogens is 182 g/mol. The quantitative estimate of drug-likeness (QED) is 0.731. The standard InChI is InChI=1S/C14H27N/c1-10(2)4-5-12-8-9-13(11-6-7-11)14(12)15-3/h10-15H,4-9H2,1-3H3. The van der Waals surface area contributed by atoms with Gasteiger partial charge in [0.05, 0.1) is 0 Å². The summed E-state index contributed by atoms with van der Waals surface area (Å²) in [5.74, 6) is 3.96. The predicted molar refractivity (Wildman–Crippen MR) is 65.9 cm³/mol. The van der Waals surface area contributed by atoms with E-state index in [0.29, 0.717) is 0 Å². The molecule has 0 heterocycles. The van der Waals surface area contributed by atoms with Gasteiger partial charge in [0.25, 0.3) is 0 Å². The third-order valence-corrected chi connectivity index (χ3v) is 4.52. The molecule has 0 saturated heterocycles. The molecule has 3 atom stereocenters. The first-order valence-electron chi connectivity index (χ1n) is 6.89. The molecule has 2 aliphatic carbocycles. The van der Waals surface area contributed by atoms with E-state index in [1.54, 1.807) is 0 Å². The highest BCUT2D eigenvalue weighted by Crippen LogP contribution is 2.48. The van der Waals surface area contributed by atoms with Crippen LogP contribution in [0.4, 0.5) is 0 Å². The van der Waals surface area contributed by atoms with E-state index in [4.69, 9.17) is 0 Å². The molecule has 3 unspecified atom stereocenters. The molecule has 0 aromatic rings. The van der Waals surface area contributed by atoms with Gasteiger partial charge in [-0.15, -0.1) is 0 Å². The molecule has 2 fully saturated rings. The lowest BCUT2D eigenvalue weighted by molar-refractivity contribution is 0.304. The molecule has 2 saturated carbocycles. The van der Waals surface area contributed by atoms with Gasteiger partial charge < -0.3 is 5.32 Å². The number of hydrogen-bond donors (Lipinski definition) is 1. The molecule has 2 aliphatic rings. The van der Waals surface area contributed by atoms with Crippen molar-refractivity contribution in [1.29, 1.82) is 0 Å². The van der Waals surface area contributed by atoms with Crippen LogP contribution in [-0.4, -0.2) is 13.1 Å². The second kappa shape index (κ2) is 4.86. The Morgan fingerprint density at radius 2 is 1.87 bits per heavy atom. The van der Waals surface area contributed by atoms with Crippen LogP contribution in [0, 0.1) is 23.7 Å². The normalized spacial score (nSPS) is 36.4. The maximum absolute atomic E-state index is 3.61. The lowest BCUT2D eigenvalue weighted by Crippen LogP contribution is -2.35. The highest BCUT2D eigenvalue weighted by atomic mass is 14.9. The van der Waals surface area contributed by atoms with Gasteiger partial charge in [0.1, 0.15) is 0 Å². The Kier molecular flexibility index (Phi) is 3.71. The van der Waals surface area contributed by atoms with Crippen LogP contribution in [-0.2, 0) is 0 Å². The van der Waals surface area contributed by atoms with Crippen molar-refractivity contribution in [3.8, 4) is 0 Å². The summed E-state index contributed by atoms with van der Waals surface area (Å²) in [6.07, 6.45) is 8.88. The van der Waals surface area contributed by atoms with Crippen molar-refractivity contribution in [2.24, 2.45) is 23.7 Å². The molecule has 1 N–H and O–H groups in total. The molecule has 0 spiro atoms. The van der Waals surface area contributed by atoms with Crippen LogP contribution >= 0.6 is 0 Å². The lowest BCUT2D eigenvalue weighted by atomic mass is 9.89. The van der Waals surface area contributed by atoms with E-state index in [9.17, 15) is 0 Å². The minimum absolute atomic E-state index is 0.844. The minimum atomic E-state index is 0.844. The molecule has 2 rings (SSSR count). The van der Waals surface area contributed by atoms with Crippen LogP contribution < -0.4 is 5.32 Å². The first-order valence-corrected chi connectivity index (χ1v) is 6.89. The van der Waals surface area contributed by atoms with Crippen LogP contribution in [0.1, 0.15) is 52.4 Å². The summed E-state index contributed by atoms with van der Waals surface area (Å²) in [4.78, 5) is 0. The second-order valence-electron chi connectivity index (χ2n) is 6.12. The second-order valence-corrected chi connectivity index (χ2v) is 6.12. The third-order valence-electron chi connectivity index (χ3n) is 4.52. The van der Waals surface area contributed by atoms with Gasteiger partial charge >= 0.3 is 0 Å². The van der Waals surface area contributed by atoms with Gasteiger partial charge in [0.15, 0.2) is 0 Å². The van der Waals surface area contributed by atoms with Gasteiger partial charge in [0.2, 0.25) is 0 Å². The SMILES string of the molecule is CNC1C(CCC(C)C)CCC1C1CC1. The molecule has 1 nitrogen and oxygen atoms in total. The summed E-state index contributed by atoms with van der Waals surface area (Å²) in [6, 6.07) is 0.844. The van der Waals surface area contributed by atoms with Gasteiger partial charge in [-0.25, -0.2) is 0 Å².